The Labute approximate surface area is 151 Å². The Morgan fingerprint density at radius 3 is 2.15 bits per heavy atom. The van der Waals surface area contributed by atoms with E-state index in [0.29, 0.717) is 11.4 Å². The molecule has 0 aromatic heterocycles. The average Bonchev–Trinajstić information content (AvgIpc) is 2.66. The van der Waals surface area contributed by atoms with Crippen molar-refractivity contribution in [3.05, 3.63) is 96.4 Å². The number of hydrogen-bond acceptors (Lipinski definition) is 2. The summed E-state index contributed by atoms with van der Waals surface area (Å²) in [5.74, 6) is -0.301. The van der Waals surface area contributed by atoms with Gasteiger partial charge in [-0.1, -0.05) is 30.3 Å². The van der Waals surface area contributed by atoms with E-state index in [4.69, 9.17) is 5.73 Å². The van der Waals surface area contributed by atoms with Crippen molar-refractivity contribution in [3.8, 4) is 0 Å². The molecule has 5 heteroatoms. The van der Waals surface area contributed by atoms with Crippen LogP contribution in [0.1, 0.15) is 5.56 Å². The molecular formula is C21H18FN3O. The predicted molar refractivity (Wildman–Crippen MR) is 103 cm³/mol. The zero-order chi connectivity index (χ0) is 18.4. The van der Waals surface area contributed by atoms with Crippen LogP contribution in [0.5, 0.6) is 0 Å². The molecule has 0 aliphatic carbocycles. The van der Waals surface area contributed by atoms with Crippen molar-refractivity contribution in [1.29, 1.82) is 0 Å². The Hall–Kier alpha value is -3.60. The van der Waals surface area contributed by atoms with Gasteiger partial charge in [0.05, 0.1) is 11.4 Å². The number of benzene rings is 3. The smallest absolute Gasteiger partial charge is 0.330 e. The second-order valence-corrected chi connectivity index (χ2v) is 5.60. The molecule has 0 spiro atoms. The van der Waals surface area contributed by atoms with E-state index in [9.17, 15) is 9.18 Å². The molecule has 2 amide bonds. The van der Waals surface area contributed by atoms with Gasteiger partial charge in [0.2, 0.25) is 0 Å². The van der Waals surface area contributed by atoms with Gasteiger partial charge in [-0.25, -0.2) is 9.18 Å². The first-order valence-electron chi connectivity index (χ1n) is 8.07. The number of hydrogen-bond donors (Lipinski definition) is 2. The van der Waals surface area contributed by atoms with E-state index in [1.54, 1.807) is 47.4 Å². The highest BCUT2D eigenvalue weighted by Gasteiger charge is 2.16. The van der Waals surface area contributed by atoms with Gasteiger partial charge in [0.15, 0.2) is 0 Å². The van der Waals surface area contributed by atoms with Crippen LogP contribution in [0, 0.1) is 5.82 Å². The molecule has 3 aromatic rings. The highest BCUT2D eigenvalue weighted by atomic mass is 19.1. The van der Waals surface area contributed by atoms with Crippen LogP contribution >= 0.6 is 0 Å². The fraction of sp³-hybridized carbons (Fsp3) is 0. The predicted octanol–water partition coefficient (Wildman–Crippen LogP) is 4.93. The van der Waals surface area contributed by atoms with Crippen molar-refractivity contribution in [2.24, 2.45) is 0 Å². The van der Waals surface area contributed by atoms with E-state index in [1.807, 2.05) is 30.3 Å². The molecule has 4 nitrogen and oxygen atoms in total. The molecule has 0 radical (unpaired) electrons. The molecule has 0 atom stereocenters. The number of nitrogens with one attached hydrogen (secondary N) is 1. The summed E-state index contributed by atoms with van der Waals surface area (Å²) >= 11 is 0. The van der Waals surface area contributed by atoms with Crippen LogP contribution in [0.25, 0.3) is 6.08 Å². The topological polar surface area (TPSA) is 58.4 Å². The molecule has 3 rings (SSSR count). The summed E-state index contributed by atoms with van der Waals surface area (Å²) in [6.45, 7) is 0. The first kappa shape index (κ1) is 17.2. The van der Waals surface area contributed by atoms with Gasteiger partial charge in [-0.15, -0.1) is 0 Å². The lowest BCUT2D eigenvalue weighted by Crippen LogP contribution is -2.33. The van der Waals surface area contributed by atoms with Gasteiger partial charge in [-0.05, 0) is 60.2 Å². The molecule has 26 heavy (non-hydrogen) atoms. The van der Waals surface area contributed by atoms with Gasteiger partial charge < -0.3 is 11.1 Å². The third kappa shape index (κ3) is 4.27. The Balaban J connectivity index is 1.81. The minimum Gasteiger partial charge on any atom is -0.399 e. The third-order valence-corrected chi connectivity index (χ3v) is 3.72. The maximum Gasteiger partial charge on any atom is 0.330 e. The summed E-state index contributed by atoms with van der Waals surface area (Å²) in [5, 5.41) is 2.74. The monoisotopic (exact) mass is 347 g/mol. The van der Waals surface area contributed by atoms with E-state index in [-0.39, 0.29) is 11.8 Å². The molecule has 130 valence electrons. The molecule has 0 heterocycles. The van der Waals surface area contributed by atoms with E-state index in [0.717, 1.165) is 11.3 Å². The highest BCUT2D eigenvalue weighted by Crippen LogP contribution is 2.26. The lowest BCUT2D eigenvalue weighted by atomic mass is 10.2. The second-order valence-electron chi connectivity index (χ2n) is 5.60. The number of nitrogen functional groups attached to an aromatic ring is 1. The van der Waals surface area contributed by atoms with Crippen molar-refractivity contribution in [1.82, 2.24) is 5.32 Å². The van der Waals surface area contributed by atoms with Crippen LogP contribution in [0.15, 0.2) is 85.1 Å². The van der Waals surface area contributed by atoms with Crippen molar-refractivity contribution in [3.63, 3.8) is 0 Å². The number of para-hydroxylation sites is 1. The molecule has 0 bridgehead atoms. The van der Waals surface area contributed by atoms with Gasteiger partial charge in [0.25, 0.3) is 0 Å². The number of anilines is 3. The minimum atomic E-state index is -0.320. The normalized spacial score (nSPS) is 10.7. The Morgan fingerprint density at radius 1 is 0.885 bits per heavy atom. The molecule has 0 aliphatic heterocycles. The van der Waals surface area contributed by atoms with E-state index in [2.05, 4.69) is 5.32 Å². The van der Waals surface area contributed by atoms with E-state index in [1.165, 1.54) is 18.3 Å². The van der Waals surface area contributed by atoms with Gasteiger partial charge in [0.1, 0.15) is 5.82 Å². The highest BCUT2D eigenvalue weighted by molar-refractivity contribution is 6.00. The molecule has 0 unspecified atom stereocenters. The number of rotatable bonds is 4. The third-order valence-electron chi connectivity index (χ3n) is 3.72. The Morgan fingerprint density at radius 2 is 1.50 bits per heavy atom. The lowest BCUT2D eigenvalue weighted by Gasteiger charge is -2.22. The molecule has 0 fully saturated rings. The standard InChI is InChI=1S/C21H18FN3O/c22-17-8-6-16(7-9-17)14-15-24-21(26)25(19-4-2-1-3-5-19)20-12-10-18(23)11-13-20/h1-15H,23H2,(H,24,26)/b15-14+. The quantitative estimate of drug-likeness (QED) is 0.658. The fourth-order valence-electron chi connectivity index (χ4n) is 2.43. The summed E-state index contributed by atoms with van der Waals surface area (Å²) in [6, 6.07) is 22.0. The first-order valence-corrected chi connectivity index (χ1v) is 8.07. The van der Waals surface area contributed by atoms with Crippen molar-refractivity contribution < 1.29 is 9.18 Å². The summed E-state index contributed by atoms with van der Waals surface area (Å²) in [7, 11) is 0. The number of carbonyl (C=O) groups is 1. The molecule has 3 N–H and O–H groups in total. The second kappa shape index (κ2) is 7.98. The van der Waals surface area contributed by atoms with Crippen LogP contribution < -0.4 is 16.0 Å². The van der Waals surface area contributed by atoms with Crippen LogP contribution in [-0.2, 0) is 0 Å². The maximum atomic E-state index is 12.9. The molecule has 0 saturated carbocycles. The van der Waals surface area contributed by atoms with Crippen LogP contribution in [-0.4, -0.2) is 6.03 Å². The van der Waals surface area contributed by atoms with Gasteiger partial charge >= 0.3 is 6.03 Å². The van der Waals surface area contributed by atoms with Crippen LogP contribution in [0.4, 0.5) is 26.2 Å². The Kier molecular flexibility index (Phi) is 5.29. The first-order chi connectivity index (χ1) is 12.6. The minimum absolute atomic E-state index is 0.301. The van der Waals surface area contributed by atoms with Gasteiger partial charge in [0, 0.05) is 11.9 Å². The number of halogens is 1. The van der Waals surface area contributed by atoms with E-state index < -0.39 is 0 Å². The fourth-order valence-corrected chi connectivity index (χ4v) is 2.43. The van der Waals surface area contributed by atoms with Crippen molar-refractivity contribution in [2.75, 3.05) is 10.6 Å². The lowest BCUT2D eigenvalue weighted by molar-refractivity contribution is 0.251. The SMILES string of the molecule is Nc1ccc(N(C(=O)N/C=C/c2ccc(F)cc2)c2ccccc2)cc1. The van der Waals surface area contributed by atoms with Gasteiger partial charge in [-0.2, -0.15) is 0 Å². The van der Waals surface area contributed by atoms with Crippen molar-refractivity contribution >= 4 is 29.2 Å². The summed E-state index contributed by atoms with van der Waals surface area (Å²) in [5.41, 5.74) is 8.57. The summed E-state index contributed by atoms with van der Waals surface area (Å²) in [4.78, 5) is 14.3. The number of carbonyl (C=O) groups excluding carboxylic acids is 1. The summed E-state index contributed by atoms with van der Waals surface area (Å²) < 4.78 is 12.9. The van der Waals surface area contributed by atoms with Crippen LogP contribution in [0.2, 0.25) is 0 Å². The number of nitrogens with zero attached hydrogens (tertiary/aromatic N) is 1. The number of amides is 2. The zero-order valence-electron chi connectivity index (χ0n) is 14.0. The largest absolute Gasteiger partial charge is 0.399 e. The number of nitrogens with two attached hydrogens (primary N) is 1. The van der Waals surface area contributed by atoms with Gasteiger partial charge in [-0.3, -0.25) is 4.90 Å². The summed E-state index contributed by atoms with van der Waals surface area (Å²) in [6.07, 6.45) is 3.23. The average molecular weight is 347 g/mol. The molecular weight excluding hydrogens is 329 g/mol. The van der Waals surface area contributed by atoms with Crippen LogP contribution in [0.3, 0.4) is 0 Å². The molecule has 0 saturated heterocycles. The number of urea groups is 1. The zero-order valence-corrected chi connectivity index (χ0v) is 14.0. The maximum absolute atomic E-state index is 12.9. The van der Waals surface area contributed by atoms with Crippen molar-refractivity contribution in [2.45, 2.75) is 0 Å². The molecule has 3 aromatic carbocycles. The Bertz CT molecular complexity index is 891. The van der Waals surface area contributed by atoms with E-state index >= 15 is 0 Å². The molecule has 0 aliphatic rings.